The number of ether oxygens (including phenoxy) is 4. The number of rotatable bonds is 10. The number of hydrogen-bond acceptors (Lipinski definition) is 6. The van der Waals surface area contributed by atoms with Crippen molar-refractivity contribution in [3.05, 3.63) is 46.5 Å². The summed E-state index contributed by atoms with van der Waals surface area (Å²) >= 11 is 6.04. The molecule has 1 amide bonds. The van der Waals surface area contributed by atoms with Crippen LogP contribution in [0.3, 0.4) is 0 Å². The highest BCUT2D eigenvalue weighted by molar-refractivity contribution is 6.31. The van der Waals surface area contributed by atoms with E-state index in [1.54, 1.807) is 21.3 Å². The second-order valence-electron chi connectivity index (χ2n) is 8.01. The third-order valence-corrected chi connectivity index (χ3v) is 6.26. The highest BCUT2D eigenvalue weighted by Crippen LogP contribution is 2.40. The molecular weight excluding hydrogens is 444 g/mol. The van der Waals surface area contributed by atoms with Gasteiger partial charge < -0.3 is 23.8 Å². The number of carbonyl (C=O) groups is 1. The Labute approximate surface area is 201 Å². The second-order valence-corrected chi connectivity index (χ2v) is 8.42. The van der Waals surface area contributed by atoms with Gasteiger partial charge in [0.25, 0.3) is 0 Å². The third kappa shape index (κ3) is 6.45. The summed E-state index contributed by atoms with van der Waals surface area (Å²) in [6.07, 6.45) is 1.17. The molecule has 3 rings (SSSR count). The fourth-order valence-electron chi connectivity index (χ4n) is 3.96. The van der Waals surface area contributed by atoms with E-state index in [-0.39, 0.29) is 5.91 Å². The van der Waals surface area contributed by atoms with Gasteiger partial charge in [0, 0.05) is 49.7 Å². The fourth-order valence-corrected chi connectivity index (χ4v) is 4.08. The van der Waals surface area contributed by atoms with E-state index >= 15 is 0 Å². The lowest BCUT2D eigenvalue weighted by molar-refractivity contribution is -0.133. The molecule has 0 N–H and O–H groups in total. The predicted octanol–water partition coefficient (Wildman–Crippen LogP) is 4.18. The van der Waals surface area contributed by atoms with Gasteiger partial charge in [-0.1, -0.05) is 17.7 Å². The van der Waals surface area contributed by atoms with Gasteiger partial charge in [-0.2, -0.15) is 0 Å². The van der Waals surface area contributed by atoms with Crippen molar-refractivity contribution in [2.24, 2.45) is 0 Å². The Morgan fingerprint density at radius 2 is 1.70 bits per heavy atom. The van der Waals surface area contributed by atoms with Crippen LogP contribution in [0, 0.1) is 6.92 Å². The van der Waals surface area contributed by atoms with E-state index in [1.165, 1.54) is 0 Å². The van der Waals surface area contributed by atoms with Crippen LogP contribution in [-0.4, -0.2) is 69.8 Å². The first-order valence-corrected chi connectivity index (χ1v) is 11.5. The van der Waals surface area contributed by atoms with Gasteiger partial charge in [0.2, 0.25) is 11.7 Å². The normalized spacial score (nSPS) is 14.2. The van der Waals surface area contributed by atoms with Gasteiger partial charge in [-0.25, -0.2) is 0 Å². The molecular formula is C25H33ClN2O5. The summed E-state index contributed by atoms with van der Waals surface area (Å²) in [6, 6.07) is 9.48. The van der Waals surface area contributed by atoms with Crippen molar-refractivity contribution in [3.8, 4) is 23.0 Å². The molecule has 1 saturated heterocycles. The van der Waals surface area contributed by atoms with Gasteiger partial charge in [-0.3, -0.25) is 9.69 Å². The van der Waals surface area contributed by atoms with Crippen molar-refractivity contribution in [1.29, 1.82) is 0 Å². The van der Waals surface area contributed by atoms with Crippen LogP contribution < -0.4 is 18.9 Å². The Balaban J connectivity index is 1.44. The van der Waals surface area contributed by atoms with Crippen molar-refractivity contribution >= 4 is 17.5 Å². The fraction of sp³-hybridized carbons (Fsp3) is 0.480. The molecule has 0 aromatic heterocycles. The Kier molecular flexibility index (Phi) is 9.09. The molecule has 1 fully saturated rings. The van der Waals surface area contributed by atoms with Crippen molar-refractivity contribution in [2.75, 3.05) is 54.1 Å². The van der Waals surface area contributed by atoms with Crippen LogP contribution in [0.5, 0.6) is 23.0 Å². The molecule has 7 nitrogen and oxygen atoms in total. The van der Waals surface area contributed by atoms with Crippen LogP contribution in [0.4, 0.5) is 0 Å². The zero-order valence-corrected chi connectivity index (χ0v) is 20.6. The van der Waals surface area contributed by atoms with Crippen LogP contribution in [-0.2, 0) is 11.3 Å². The molecule has 1 aliphatic heterocycles. The Morgan fingerprint density at radius 1 is 0.970 bits per heavy atom. The van der Waals surface area contributed by atoms with E-state index in [4.69, 9.17) is 30.5 Å². The quantitative estimate of drug-likeness (QED) is 0.479. The van der Waals surface area contributed by atoms with Gasteiger partial charge in [0.1, 0.15) is 5.75 Å². The topological polar surface area (TPSA) is 60.5 Å². The van der Waals surface area contributed by atoms with E-state index in [1.807, 2.05) is 42.2 Å². The third-order valence-electron chi connectivity index (χ3n) is 5.84. The smallest absolute Gasteiger partial charge is 0.222 e. The minimum absolute atomic E-state index is 0.175. The first kappa shape index (κ1) is 25.0. The molecule has 1 aliphatic rings. The maximum absolute atomic E-state index is 12.6. The summed E-state index contributed by atoms with van der Waals surface area (Å²) in [7, 11) is 4.85. The highest BCUT2D eigenvalue weighted by atomic mass is 35.5. The number of piperazine rings is 1. The predicted molar refractivity (Wildman–Crippen MR) is 129 cm³/mol. The van der Waals surface area contributed by atoms with Crippen LogP contribution in [0.1, 0.15) is 24.0 Å². The second kappa shape index (κ2) is 12.0. The van der Waals surface area contributed by atoms with Gasteiger partial charge in [-0.15, -0.1) is 0 Å². The molecule has 0 saturated carbocycles. The monoisotopic (exact) mass is 476 g/mol. The molecule has 180 valence electrons. The first-order chi connectivity index (χ1) is 16.0. The van der Waals surface area contributed by atoms with Crippen molar-refractivity contribution < 1.29 is 23.7 Å². The molecule has 2 aromatic carbocycles. The number of nitrogens with zero attached hydrogens (tertiary/aromatic N) is 2. The van der Waals surface area contributed by atoms with Gasteiger partial charge >= 0.3 is 0 Å². The van der Waals surface area contributed by atoms with Gasteiger partial charge in [0.15, 0.2) is 11.5 Å². The number of halogens is 1. The van der Waals surface area contributed by atoms with E-state index < -0.39 is 0 Å². The number of aryl methyl sites for hydroxylation is 1. The number of benzene rings is 2. The largest absolute Gasteiger partial charge is 0.494 e. The SMILES string of the molecule is COc1ccc(CN2CCN(C(=O)CCCOc3ccc(Cl)c(C)c3)CC2)c(OC)c1OC. The summed E-state index contributed by atoms with van der Waals surface area (Å²) < 4.78 is 22.2. The molecule has 0 radical (unpaired) electrons. The molecule has 33 heavy (non-hydrogen) atoms. The minimum Gasteiger partial charge on any atom is -0.494 e. The molecule has 0 atom stereocenters. The Hall–Kier alpha value is -2.64. The summed E-state index contributed by atoms with van der Waals surface area (Å²) in [4.78, 5) is 16.9. The molecule has 1 heterocycles. The van der Waals surface area contributed by atoms with Crippen LogP contribution in [0.15, 0.2) is 30.3 Å². The lowest BCUT2D eigenvalue weighted by atomic mass is 10.1. The molecule has 0 bridgehead atoms. The first-order valence-electron chi connectivity index (χ1n) is 11.1. The summed E-state index contributed by atoms with van der Waals surface area (Å²) in [6.45, 7) is 6.22. The summed E-state index contributed by atoms with van der Waals surface area (Å²) in [5.41, 5.74) is 2.01. The van der Waals surface area contributed by atoms with Gasteiger partial charge in [0.05, 0.1) is 27.9 Å². The molecule has 2 aromatic rings. The average Bonchev–Trinajstić information content (AvgIpc) is 2.83. The van der Waals surface area contributed by atoms with Gasteiger partial charge in [-0.05, 0) is 43.2 Å². The number of carbonyl (C=O) groups excluding carboxylic acids is 1. The number of hydrogen-bond donors (Lipinski definition) is 0. The average molecular weight is 477 g/mol. The summed E-state index contributed by atoms with van der Waals surface area (Å²) in [5.74, 6) is 2.88. The Morgan fingerprint density at radius 3 is 2.33 bits per heavy atom. The zero-order chi connectivity index (χ0) is 23.8. The van der Waals surface area contributed by atoms with E-state index in [2.05, 4.69) is 4.90 Å². The van der Waals surface area contributed by atoms with Crippen LogP contribution in [0.2, 0.25) is 5.02 Å². The van der Waals surface area contributed by atoms with Crippen molar-refractivity contribution in [2.45, 2.75) is 26.3 Å². The lowest BCUT2D eigenvalue weighted by Gasteiger charge is -2.35. The number of methoxy groups -OCH3 is 3. The Bertz CT molecular complexity index is 945. The van der Waals surface area contributed by atoms with Crippen molar-refractivity contribution in [3.63, 3.8) is 0 Å². The van der Waals surface area contributed by atoms with Crippen LogP contribution in [0.25, 0.3) is 0 Å². The maximum atomic E-state index is 12.6. The standard InChI is InChI=1S/C25H33ClN2O5/c1-18-16-20(8-9-21(18)26)33-15-5-6-23(29)28-13-11-27(12-14-28)17-19-7-10-22(30-2)25(32-4)24(19)31-3/h7-10,16H,5-6,11-15,17H2,1-4H3. The molecule has 0 aliphatic carbocycles. The molecule has 8 heteroatoms. The maximum Gasteiger partial charge on any atom is 0.222 e. The zero-order valence-electron chi connectivity index (χ0n) is 19.9. The van der Waals surface area contributed by atoms with E-state index in [9.17, 15) is 4.79 Å². The van der Waals surface area contributed by atoms with E-state index in [0.717, 1.165) is 41.5 Å². The van der Waals surface area contributed by atoms with E-state index in [0.29, 0.717) is 49.8 Å². The van der Waals surface area contributed by atoms with Crippen LogP contribution >= 0.6 is 11.6 Å². The van der Waals surface area contributed by atoms with Crippen molar-refractivity contribution in [1.82, 2.24) is 9.80 Å². The lowest BCUT2D eigenvalue weighted by Crippen LogP contribution is -2.48. The molecule has 0 spiro atoms. The summed E-state index contributed by atoms with van der Waals surface area (Å²) in [5, 5.41) is 0.723. The highest BCUT2D eigenvalue weighted by Gasteiger charge is 2.23. The number of amides is 1. The molecule has 0 unspecified atom stereocenters. The minimum atomic E-state index is 0.175.